The largest absolute Gasteiger partial charge is 0.481 e. The smallest absolute Gasteiger partial charge is 0.258 e. The van der Waals surface area contributed by atoms with E-state index in [9.17, 15) is 0 Å². The summed E-state index contributed by atoms with van der Waals surface area (Å²) in [6.07, 6.45) is 1.39. The van der Waals surface area contributed by atoms with Crippen LogP contribution in [0, 0.1) is 0 Å². The Balaban J connectivity index is 1.95. The first-order valence-corrected chi connectivity index (χ1v) is 6.29. The van der Waals surface area contributed by atoms with Gasteiger partial charge in [0.1, 0.15) is 12.0 Å². The van der Waals surface area contributed by atoms with Gasteiger partial charge in [0.05, 0.1) is 7.11 Å². The van der Waals surface area contributed by atoms with Crippen LogP contribution in [0.1, 0.15) is 5.56 Å². The van der Waals surface area contributed by atoms with Gasteiger partial charge in [-0.1, -0.05) is 17.3 Å². The number of benzene rings is 1. The summed E-state index contributed by atoms with van der Waals surface area (Å²) < 4.78 is 10.3. The molecule has 0 aliphatic rings. The summed E-state index contributed by atoms with van der Waals surface area (Å²) in [6.45, 7) is 0.456. The zero-order chi connectivity index (χ0) is 14.7. The number of methoxy groups -OCH3 is 1. The van der Waals surface area contributed by atoms with E-state index in [-0.39, 0.29) is 0 Å². The van der Waals surface area contributed by atoms with Crippen molar-refractivity contribution in [1.82, 2.24) is 20.1 Å². The van der Waals surface area contributed by atoms with Gasteiger partial charge < -0.3 is 15.0 Å². The van der Waals surface area contributed by atoms with Crippen molar-refractivity contribution in [1.29, 1.82) is 0 Å². The predicted octanol–water partition coefficient (Wildman–Crippen LogP) is 1.66. The Bertz CT molecular complexity index is 694. The monoisotopic (exact) mass is 283 g/mol. The minimum absolute atomic E-state index is 0.379. The molecule has 0 radical (unpaired) electrons. The van der Waals surface area contributed by atoms with E-state index in [0.29, 0.717) is 29.8 Å². The maximum atomic E-state index is 5.63. The van der Waals surface area contributed by atoms with Crippen molar-refractivity contribution in [3.05, 3.63) is 42.2 Å². The van der Waals surface area contributed by atoms with Crippen LogP contribution in [0.2, 0.25) is 0 Å². The average molecular weight is 283 g/mol. The normalized spacial score (nSPS) is 10.6. The van der Waals surface area contributed by atoms with Crippen LogP contribution in [0.25, 0.3) is 23.0 Å². The Morgan fingerprint density at radius 1 is 1.24 bits per heavy atom. The summed E-state index contributed by atoms with van der Waals surface area (Å²) in [7, 11) is 1.53. The molecule has 0 saturated heterocycles. The lowest BCUT2D eigenvalue weighted by Gasteiger charge is -1.98. The second-order valence-corrected chi connectivity index (χ2v) is 4.27. The van der Waals surface area contributed by atoms with Gasteiger partial charge in [-0.2, -0.15) is 4.98 Å². The van der Waals surface area contributed by atoms with Crippen molar-refractivity contribution >= 4 is 0 Å². The van der Waals surface area contributed by atoms with Crippen LogP contribution in [0.3, 0.4) is 0 Å². The maximum absolute atomic E-state index is 5.63. The van der Waals surface area contributed by atoms with Crippen molar-refractivity contribution < 1.29 is 9.26 Å². The molecule has 3 rings (SSSR count). The molecule has 7 heteroatoms. The van der Waals surface area contributed by atoms with Crippen LogP contribution in [0.4, 0.5) is 0 Å². The fraction of sp³-hybridized carbons (Fsp3) is 0.143. The molecule has 0 saturated carbocycles. The molecule has 7 nitrogen and oxygen atoms in total. The van der Waals surface area contributed by atoms with Gasteiger partial charge >= 0.3 is 0 Å². The standard InChI is InChI=1S/C14H13N5O2/c1-20-12-6-11(16-8-17-12)13-18-14(21-19-13)10-4-2-3-9(5-10)7-15/h2-6,8H,7,15H2,1H3. The predicted molar refractivity (Wildman–Crippen MR) is 75.2 cm³/mol. The quantitative estimate of drug-likeness (QED) is 0.777. The van der Waals surface area contributed by atoms with E-state index in [1.54, 1.807) is 6.07 Å². The molecule has 2 heterocycles. The molecular weight excluding hydrogens is 270 g/mol. The van der Waals surface area contributed by atoms with Crippen molar-refractivity contribution in [2.45, 2.75) is 6.54 Å². The van der Waals surface area contributed by atoms with E-state index in [0.717, 1.165) is 11.1 Å². The molecule has 2 N–H and O–H groups in total. The van der Waals surface area contributed by atoms with E-state index in [2.05, 4.69) is 20.1 Å². The second-order valence-electron chi connectivity index (χ2n) is 4.27. The summed E-state index contributed by atoms with van der Waals surface area (Å²) in [6, 6.07) is 9.28. The third-order valence-corrected chi connectivity index (χ3v) is 2.92. The first-order valence-electron chi connectivity index (χ1n) is 6.29. The highest BCUT2D eigenvalue weighted by atomic mass is 16.5. The molecule has 0 unspecified atom stereocenters. The fourth-order valence-corrected chi connectivity index (χ4v) is 1.85. The molecule has 0 fully saturated rings. The summed E-state index contributed by atoms with van der Waals surface area (Å²) in [5.41, 5.74) is 7.98. The average Bonchev–Trinajstić information content (AvgIpc) is 3.05. The van der Waals surface area contributed by atoms with Crippen molar-refractivity contribution in [2.75, 3.05) is 7.11 Å². The summed E-state index contributed by atoms with van der Waals surface area (Å²) >= 11 is 0. The molecule has 0 aliphatic carbocycles. The molecule has 3 aromatic rings. The number of hydrogen-bond acceptors (Lipinski definition) is 7. The van der Waals surface area contributed by atoms with E-state index in [1.165, 1.54) is 13.4 Å². The minimum Gasteiger partial charge on any atom is -0.481 e. The van der Waals surface area contributed by atoms with Gasteiger partial charge in [-0.25, -0.2) is 9.97 Å². The van der Waals surface area contributed by atoms with E-state index in [4.69, 9.17) is 15.0 Å². The minimum atomic E-state index is 0.379. The molecule has 0 spiro atoms. The van der Waals surface area contributed by atoms with E-state index < -0.39 is 0 Å². The molecule has 0 amide bonds. The van der Waals surface area contributed by atoms with Crippen LogP contribution >= 0.6 is 0 Å². The van der Waals surface area contributed by atoms with Crippen LogP contribution in [-0.4, -0.2) is 27.2 Å². The van der Waals surface area contributed by atoms with Crippen LogP contribution < -0.4 is 10.5 Å². The van der Waals surface area contributed by atoms with Gasteiger partial charge in [0.15, 0.2) is 0 Å². The summed E-state index contributed by atoms with van der Waals surface area (Å²) in [5, 5.41) is 3.93. The Hall–Kier alpha value is -2.80. The maximum Gasteiger partial charge on any atom is 0.258 e. The molecule has 2 aromatic heterocycles. The Morgan fingerprint density at radius 2 is 2.14 bits per heavy atom. The van der Waals surface area contributed by atoms with Crippen LogP contribution in [-0.2, 0) is 6.54 Å². The van der Waals surface area contributed by atoms with Crippen LogP contribution in [0.15, 0.2) is 41.2 Å². The van der Waals surface area contributed by atoms with Gasteiger partial charge in [0.2, 0.25) is 11.7 Å². The molecular formula is C14H13N5O2. The Morgan fingerprint density at radius 3 is 2.95 bits per heavy atom. The highest BCUT2D eigenvalue weighted by Crippen LogP contribution is 2.22. The number of hydrogen-bond donors (Lipinski definition) is 1. The van der Waals surface area contributed by atoms with Gasteiger partial charge in [0, 0.05) is 18.2 Å². The highest BCUT2D eigenvalue weighted by molar-refractivity contribution is 5.58. The zero-order valence-electron chi connectivity index (χ0n) is 11.4. The van der Waals surface area contributed by atoms with E-state index in [1.807, 2.05) is 24.3 Å². The Labute approximate surface area is 120 Å². The van der Waals surface area contributed by atoms with Crippen molar-refractivity contribution in [2.24, 2.45) is 5.73 Å². The number of nitrogens with zero attached hydrogens (tertiary/aromatic N) is 4. The molecule has 1 aromatic carbocycles. The second kappa shape index (κ2) is 5.68. The SMILES string of the molecule is COc1cc(-c2noc(-c3cccc(CN)c3)n2)ncn1. The molecule has 106 valence electrons. The summed E-state index contributed by atoms with van der Waals surface area (Å²) in [5.74, 6) is 1.23. The third-order valence-electron chi connectivity index (χ3n) is 2.92. The zero-order valence-corrected chi connectivity index (χ0v) is 11.4. The topological polar surface area (TPSA) is 100.0 Å². The molecule has 21 heavy (non-hydrogen) atoms. The lowest BCUT2D eigenvalue weighted by molar-refractivity contribution is 0.397. The van der Waals surface area contributed by atoms with Crippen molar-refractivity contribution in [3.8, 4) is 28.9 Å². The first kappa shape index (κ1) is 13.2. The molecule has 0 aliphatic heterocycles. The van der Waals surface area contributed by atoms with E-state index >= 15 is 0 Å². The highest BCUT2D eigenvalue weighted by Gasteiger charge is 2.12. The van der Waals surface area contributed by atoms with Crippen molar-refractivity contribution in [3.63, 3.8) is 0 Å². The van der Waals surface area contributed by atoms with Gasteiger partial charge in [-0.3, -0.25) is 0 Å². The molecule has 0 bridgehead atoms. The first-order chi connectivity index (χ1) is 10.3. The third kappa shape index (κ3) is 2.72. The number of rotatable bonds is 4. The van der Waals surface area contributed by atoms with Gasteiger partial charge in [-0.15, -0.1) is 0 Å². The lowest BCUT2D eigenvalue weighted by atomic mass is 10.1. The number of ether oxygens (including phenoxy) is 1. The number of aromatic nitrogens is 4. The lowest BCUT2D eigenvalue weighted by Crippen LogP contribution is -1.95. The number of nitrogens with two attached hydrogens (primary N) is 1. The van der Waals surface area contributed by atoms with Gasteiger partial charge in [0.25, 0.3) is 5.89 Å². The fourth-order valence-electron chi connectivity index (χ4n) is 1.85. The Kier molecular flexibility index (Phi) is 3.57. The van der Waals surface area contributed by atoms with Crippen LogP contribution in [0.5, 0.6) is 5.88 Å². The molecule has 0 atom stereocenters. The van der Waals surface area contributed by atoms with Gasteiger partial charge in [-0.05, 0) is 17.7 Å². The summed E-state index contributed by atoms with van der Waals surface area (Å²) in [4.78, 5) is 12.4.